The van der Waals surface area contributed by atoms with Crippen molar-refractivity contribution < 1.29 is 12.6 Å². The van der Waals surface area contributed by atoms with Crippen LogP contribution in [0.4, 0.5) is 0 Å². The lowest BCUT2D eigenvalue weighted by Gasteiger charge is -2.14. The van der Waals surface area contributed by atoms with Gasteiger partial charge < -0.3 is 5.73 Å². The zero-order chi connectivity index (χ0) is 9.78. The quantitative estimate of drug-likeness (QED) is 0.642. The minimum Gasteiger partial charge on any atom is -0.325 e. The summed E-state index contributed by atoms with van der Waals surface area (Å²) < 4.78 is 26.3. The molecule has 0 aromatic rings. The predicted octanol–water partition coefficient (Wildman–Crippen LogP) is 0.336. The molecule has 74 valence electrons. The molecule has 12 heavy (non-hydrogen) atoms. The molecule has 0 aliphatic carbocycles. The predicted molar refractivity (Wildman–Crippen MR) is 48.2 cm³/mol. The summed E-state index contributed by atoms with van der Waals surface area (Å²) in [6.07, 6.45) is 0. The molecule has 0 bridgehead atoms. The van der Waals surface area contributed by atoms with Gasteiger partial charge in [-0.2, -0.15) is 8.42 Å². The van der Waals surface area contributed by atoms with Gasteiger partial charge in [0.15, 0.2) is 0 Å². The van der Waals surface area contributed by atoms with Gasteiger partial charge in [0.05, 0.1) is 12.4 Å². The van der Waals surface area contributed by atoms with Gasteiger partial charge >= 0.3 is 0 Å². The van der Waals surface area contributed by atoms with Crippen LogP contribution in [0.5, 0.6) is 0 Å². The third kappa shape index (κ3) is 4.69. The Bertz CT molecular complexity index is 211. The molecule has 0 aromatic heterocycles. The molecule has 1 unspecified atom stereocenters. The van der Waals surface area contributed by atoms with E-state index in [9.17, 15) is 8.42 Å². The maximum Gasteiger partial charge on any atom is 0.267 e. The van der Waals surface area contributed by atoms with Crippen LogP contribution in [0, 0.1) is 5.92 Å². The third-order valence-electron chi connectivity index (χ3n) is 1.65. The summed E-state index contributed by atoms with van der Waals surface area (Å²) in [5.74, 6) is 0.231. The van der Waals surface area contributed by atoms with Crippen LogP contribution in [0.25, 0.3) is 0 Å². The summed E-state index contributed by atoms with van der Waals surface area (Å²) in [5.41, 5.74) is 5.59. The molecule has 4 nitrogen and oxygen atoms in total. The fourth-order valence-electron chi connectivity index (χ4n) is 0.458. The first-order chi connectivity index (χ1) is 5.39. The van der Waals surface area contributed by atoms with E-state index in [0.717, 1.165) is 0 Å². The van der Waals surface area contributed by atoms with Gasteiger partial charge in [-0.3, -0.25) is 4.18 Å². The molecule has 0 heterocycles. The van der Waals surface area contributed by atoms with Gasteiger partial charge in [0, 0.05) is 6.04 Å². The molecule has 0 radical (unpaired) electrons. The van der Waals surface area contributed by atoms with E-state index in [-0.39, 0.29) is 24.3 Å². The highest BCUT2D eigenvalue weighted by Gasteiger charge is 2.13. The Morgan fingerprint density at radius 3 is 2.25 bits per heavy atom. The monoisotopic (exact) mass is 195 g/mol. The molecule has 0 aromatic carbocycles. The van der Waals surface area contributed by atoms with E-state index < -0.39 is 10.1 Å². The number of nitrogens with two attached hydrogens (primary N) is 1. The fraction of sp³-hybridized carbons (Fsp3) is 1.00. The van der Waals surface area contributed by atoms with Gasteiger partial charge in [0.25, 0.3) is 10.1 Å². The lowest BCUT2D eigenvalue weighted by atomic mass is 10.1. The largest absolute Gasteiger partial charge is 0.325 e. The summed E-state index contributed by atoms with van der Waals surface area (Å²) >= 11 is 0. The number of rotatable bonds is 5. The molecule has 5 heteroatoms. The first-order valence-corrected chi connectivity index (χ1v) is 5.59. The van der Waals surface area contributed by atoms with Gasteiger partial charge in [-0.05, 0) is 12.8 Å². The van der Waals surface area contributed by atoms with Gasteiger partial charge in [0.2, 0.25) is 0 Å². The van der Waals surface area contributed by atoms with Crippen molar-refractivity contribution in [3.63, 3.8) is 0 Å². The van der Waals surface area contributed by atoms with E-state index in [1.54, 1.807) is 0 Å². The van der Waals surface area contributed by atoms with E-state index in [4.69, 9.17) is 5.73 Å². The van der Waals surface area contributed by atoms with Crippen LogP contribution in [0.3, 0.4) is 0 Å². The molecule has 0 rings (SSSR count). The second-order valence-corrected chi connectivity index (χ2v) is 4.97. The van der Waals surface area contributed by atoms with Crippen molar-refractivity contribution in [2.24, 2.45) is 11.7 Å². The van der Waals surface area contributed by atoms with Crippen LogP contribution in [-0.2, 0) is 14.3 Å². The molecule has 0 saturated carbocycles. The summed E-state index contributed by atoms with van der Waals surface area (Å²) in [6, 6.07) is -0.216. The normalized spacial score (nSPS) is 15.1. The fourth-order valence-corrected chi connectivity index (χ4v) is 0.989. The van der Waals surface area contributed by atoms with Crippen LogP contribution in [0.15, 0.2) is 0 Å². The lowest BCUT2D eigenvalue weighted by molar-refractivity contribution is 0.264. The Morgan fingerprint density at radius 1 is 1.42 bits per heavy atom. The molecule has 1 atom stereocenters. The molecule has 0 amide bonds. The zero-order valence-corrected chi connectivity index (χ0v) is 8.60. The van der Waals surface area contributed by atoms with E-state index in [1.165, 1.54) is 6.92 Å². The zero-order valence-electron chi connectivity index (χ0n) is 7.78. The summed E-state index contributed by atoms with van der Waals surface area (Å²) in [4.78, 5) is 0. The molecular weight excluding hydrogens is 178 g/mol. The average Bonchev–Trinajstić information content (AvgIpc) is 2.00. The van der Waals surface area contributed by atoms with Crippen LogP contribution in [0.2, 0.25) is 0 Å². The summed E-state index contributed by atoms with van der Waals surface area (Å²) in [6.45, 7) is 5.46. The Labute approximate surface area is 74.2 Å². The maximum absolute atomic E-state index is 10.8. The number of hydrogen-bond donors (Lipinski definition) is 1. The van der Waals surface area contributed by atoms with Crippen LogP contribution >= 0.6 is 0 Å². The highest BCUT2D eigenvalue weighted by Crippen LogP contribution is 2.01. The topological polar surface area (TPSA) is 69.4 Å². The van der Waals surface area contributed by atoms with Gasteiger partial charge in [0.1, 0.15) is 0 Å². The standard InChI is InChI=1S/C7H17NO3S/c1-4-12(9,10)11-5-7(8)6(2)3/h6-7H,4-5,8H2,1-3H3. The molecule has 0 spiro atoms. The molecule has 0 saturated heterocycles. The SMILES string of the molecule is CCS(=O)(=O)OCC(N)C(C)C. The van der Waals surface area contributed by atoms with Crippen molar-refractivity contribution in [2.45, 2.75) is 26.8 Å². The minimum atomic E-state index is -3.33. The highest BCUT2D eigenvalue weighted by atomic mass is 32.2. The Morgan fingerprint density at radius 2 is 1.92 bits per heavy atom. The molecule has 0 fully saturated rings. The van der Waals surface area contributed by atoms with Crippen molar-refractivity contribution in [2.75, 3.05) is 12.4 Å². The summed E-state index contributed by atoms with van der Waals surface area (Å²) in [5, 5.41) is 0. The molecule has 0 aliphatic heterocycles. The van der Waals surface area contributed by atoms with Crippen molar-refractivity contribution in [3.8, 4) is 0 Å². The Balaban J connectivity index is 3.84. The van der Waals surface area contributed by atoms with Crippen LogP contribution in [0.1, 0.15) is 20.8 Å². The first-order valence-electron chi connectivity index (χ1n) is 4.01. The minimum absolute atomic E-state index is 0.00217. The van der Waals surface area contributed by atoms with E-state index in [1.807, 2.05) is 13.8 Å². The average molecular weight is 195 g/mol. The first kappa shape index (κ1) is 11.9. The van der Waals surface area contributed by atoms with Crippen molar-refractivity contribution in [1.82, 2.24) is 0 Å². The number of hydrogen-bond acceptors (Lipinski definition) is 4. The highest BCUT2D eigenvalue weighted by molar-refractivity contribution is 7.86. The van der Waals surface area contributed by atoms with Crippen LogP contribution < -0.4 is 5.73 Å². The lowest BCUT2D eigenvalue weighted by Crippen LogP contribution is -2.33. The van der Waals surface area contributed by atoms with Gasteiger partial charge in [-0.25, -0.2) is 0 Å². The van der Waals surface area contributed by atoms with E-state index >= 15 is 0 Å². The Hall–Kier alpha value is -0.130. The van der Waals surface area contributed by atoms with Crippen LogP contribution in [-0.4, -0.2) is 26.8 Å². The van der Waals surface area contributed by atoms with E-state index in [0.29, 0.717) is 0 Å². The maximum atomic E-state index is 10.8. The smallest absolute Gasteiger partial charge is 0.267 e. The van der Waals surface area contributed by atoms with E-state index in [2.05, 4.69) is 4.18 Å². The second-order valence-electron chi connectivity index (χ2n) is 3.04. The van der Waals surface area contributed by atoms with Crippen molar-refractivity contribution in [1.29, 1.82) is 0 Å². The molecule has 0 aliphatic rings. The van der Waals surface area contributed by atoms with Crippen molar-refractivity contribution >= 4 is 10.1 Å². The second kappa shape index (κ2) is 4.79. The molecular formula is C7H17NO3S. The summed E-state index contributed by atoms with van der Waals surface area (Å²) in [7, 11) is -3.33. The van der Waals surface area contributed by atoms with Crippen molar-refractivity contribution in [3.05, 3.63) is 0 Å². The third-order valence-corrected chi connectivity index (χ3v) is 2.85. The van der Waals surface area contributed by atoms with Gasteiger partial charge in [-0.15, -0.1) is 0 Å². The Kier molecular flexibility index (Phi) is 4.74. The molecule has 2 N–H and O–H groups in total. The van der Waals surface area contributed by atoms with Gasteiger partial charge in [-0.1, -0.05) is 13.8 Å².